The first-order chi connectivity index (χ1) is 9.54. The second kappa shape index (κ2) is 5.82. The molecule has 2 rings (SSSR count). The molecule has 0 bridgehead atoms. The first kappa shape index (κ1) is 14.2. The summed E-state index contributed by atoms with van der Waals surface area (Å²) in [5, 5.41) is 4.05. The summed E-state index contributed by atoms with van der Waals surface area (Å²) in [6.07, 6.45) is 1.98. The second-order valence-electron chi connectivity index (χ2n) is 4.78. The van der Waals surface area contributed by atoms with Crippen molar-refractivity contribution in [2.45, 2.75) is 20.8 Å². The third kappa shape index (κ3) is 2.69. The van der Waals surface area contributed by atoms with Crippen molar-refractivity contribution in [3.8, 4) is 0 Å². The number of aldehydes is 1. The highest BCUT2D eigenvalue weighted by Gasteiger charge is 2.16. The Morgan fingerprint density at radius 3 is 2.60 bits per heavy atom. The Balaban J connectivity index is 2.48. The molecule has 0 fully saturated rings. The molecule has 0 aliphatic carbocycles. The number of carbonyl (C=O) groups is 1. The van der Waals surface area contributed by atoms with E-state index in [4.69, 9.17) is 4.84 Å². The highest BCUT2D eigenvalue weighted by atomic mass is 19.1. The maximum absolute atomic E-state index is 13.4. The van der Waals surface area contributed by atoms with Gasteiger partial charge in [-0.2, -0.15) is 0 Å². The zero-order valence-electron chi connectivity index (χ0n) is 11.7. The minimum Gasteiger partial charge on any atom is -0.390 e. The van der Waals surface area contributed by atoms with Gasteiger partial charge in [0.15, 0.2) is 12.1 Å². The molecule has 1 aromatic rings. The van der Waals surface area contributed by atoms with Gasteiger partial charge in [0.2, 0.25) is 0 Å². The first-order valence-electron chi connectivity index (χ1n) is 6.33. The topological polar surface area (TPSA) is 38.7 Å². The van der Waals surface area contributed by atoms with Crippen molar-refractivity contribution in [1.82, 2.24) is 0 Å². The SMILES string of the molecule is C/C(C1=CC(c2c(C)cccc2C)=NOC1)=C(\F)C=O. The molecule has 3 nitrogen and oxygen atoms in total. The fourth-order valence-electron chi connectivity index (χ4n) is 2.20. The molecule has 1 aliphatic heterocycles. The Morgan fingerprint density at radius 2 is 2.00 bits per heavy atom. The maximum atomic E-state index is 13.4. The summed E-state index contributed by atoms with van der Waals surface area (Å²) in [4.78, 5) is 15.7. The molecule has 0 unspecified atom stereocenters. The van der Waals surface area contributed by atoms with E-state index in [2.05, 4.69) is 5.16 Å². The van der Waals surface area contributed by atoms with Gasteiger partial charge in [0, 0.05) is 11.1 Å². The van der Waals surface area contributed by atoms with Crippen LogP contribution in [0, 0.1) is 13.8 Å². The number of nitrogens with zero attached hydrogens (tertiary/aromatic N) is 1. The third-order valence-corrected chi connectivity index (χ3v) is 3.37. The van der Waals surface area contributed by atoms with E-state index in [0.29, 0.717) is 16.9 Å². The van der Waals surface area contributed by atoms with Crippen LogP contribution < -0.4 is 0 Å². The van der Waals surface area contributed by atoms with E-state index in [9.17, 15) is 9.18 Å². The number of halogens is 1. The van der Waals surface area contributed by atoms with Crippen molar-refractivity contribution in [3.05, 3.63) is 57.9 Å². The minimum atomic E-state index is -0.775. The van der Waals surface area contributed by atoms with E-state index in [1.165, 1.54) is 0 Å². The third-order valence-electron chi connectivity index (χ3n) is 3.37. The quantitative estimate of drug-likeness (QED) is 0.625. The van der Waals surface area contributed by atoms with Crippen molar-refractivity contribution in [2.24, 2.45) is 5.16 Å². The molecule has 1 aromatic carbocycles. The van der Waals surface area contributed by atoms with Gasteiger partial charge in [-0.05, 0) is 43.5 Å². The molecule has 104 valence electrons. The van der Waals surface area contributed by atoms with E-state index in [-0.39, 0.29) is 12.9 Å². The molecule has 0 radical (unpaired) electrons. The van der Waals surface area contributed by atoms with Gasteiger partial charge < -0.3 is 4.84 Å². The number of hydrogen-bond donors (Lipinski definition) is 0. The smallest absolute Gasteiger partial charge is 0.178 e. The van der Waals surface area contributed by atoms with E-state index in [1.54, 1.807) is 13.0 Å². The molecule has 1 heterocycles. The second-order valence-corrected chi connectivity index (χ2v) is 4.78. The molecule has 4 heteroatoms. The van der Waals surface area contributed by atoms with Crippen molar-refractivity contribution in [2.75, 3.05) is 6.61 Å². The summed E-state index contributed by atoms with van der Waals surface area (Å²) in [5.41, 5.74) is 4.69. The molecule has 1 aliphatic rings. The molecule has 0 saturated carbocycles. The van der Waals surface area contributed by atoms with Gasteiger partial charge in [-0.15, -0.1) is 0 Å². The van der Waals surface area contributed by atoms with Crippen LogP contribution in [0.4, 0.5) is 4.39 Å². The summed E-state index contributed by atoms with van der Waals surface area (Å²) in [5.74, 6) is -0.775. The molecule has 0 amide bonds. The van der Waals surface area contributed by atoms with Crippen LogP contribution in [0.15, 0.2) is 46.4 Å². The van der Waals surface area contributed by atoms with Gasteiger partial charge in [-0.3, -0.25) is 4.79 Å². The van der Waals surface area contributed by atoms with Crippen LogP contribution >= 0.6 is 0 Å². The lowest BCUT2D eigenvalue weighted by molar-refractivity contribution is -0.106. The summed E-state index contributed by atoms with van der Waals surface area (Å²) in [6, 6.07) is 5.95. The summed E-state index contributed by atoms with van der Waals surface area (Å²) < 4.78 is 13.4. The van der Waals surface area contributed by atoms with Crippen LogP contribution in [-0.2, 0) is 9.63 Å². The van der Waals surface area contributed by atoms with Crippen LogP contribution in [0.5, 0.6) is 0 Å². The Labute approximate surface area is 117 Å². The molecule has 0 atom stereocenters. The van der Waals surface area contributed by atoms with Crippen LogP contribution in [-0.4, -0.2) is 18.6 Å². The molecule has 0 N–H and O–H groups in total. The van der Waals surface area contributed by atoms with Crippen molar-refractivity contribution in [3.63, 3.8) is 0 Å². The lowest BCUT2D eigenvalue weighted by Gasteiger charge is -2.16. The van der Waals surface area contributed by atoms with E-state index >= 15 is 0 Å². The van der Waals surface area contributed by atoms with Crippen LogP contribution in [0.3, 0.4) is 0 Å². The highest BCUT2D eigenvalue weighted by molar-refractivity contribution is 6.11. The van der Waals surface area contributed by atoms with Crippen molar-refractivity contribution < 1.29 is 14.0 Å². The molecular formula is C16H16FNO2. The molecule has 20 heavy (non-hydrogen) atoms. The fraction of sp³-hybridized carbons (Fsp3) is 0.250. The lowest BCUT2D eigenvalue weighted by atomic mass is 9.95. The monoisotopic (exact) mass is 273 g/mol. The molecular weight excluding hydrogens is 257 g/mol. The molecule has 0 saturated heterocycles. The molecule has 0 aromatic heterocycles. The lowest BCUT2D eigenvalue weighted by Crippen LogP contribution is -2.12. The number of benzene rings is 1. The predicted octanol–water partition coefficient (Wildman–Crippen LogP) is 3.41. The zero-order chi connectivity index (χ0) is 14.7. The summed E-state index contributed by atoms with van der Waals surface area (Å²) in [7, 11) is 0. The Morgan fingerprint density at radius 1 is 1.35 bits per heavy atom. The van der Waals surface area contributed by atoms with Crippen LogP contribution in [0.25, 0.3) is 0 Å². The van der Waals surface area contributed by atoms with Gasteiger partial charge in [-0.1, -0.05) is 23.4 Å². The Hall–Kier alpha value is -2.23. The highest BCUT2D eigenvalue weighted by Crippen LogP contribution is 2.22. The van der Waals surface area contributed by atoms with Gasteiger partial charge >= 0.3 is 0 Å². The Kier molecular flexibility index (Phi) is 4.13. The standard InChI is InChI=1S/C16H16FNO2/c1-10-5-4-6-11(2)16(10)15-7-13(9-20-18-15)12(3)14(17)8-19/h4-8H,9H2,1-3H3/b14-12+. The number of aryl methyl sites for hydroxylation is 2. The number of carbonyl (C=O) groups excluding carboxylic acids is 1. The largest absolute Gasteiger partial charge is 0.390 e. The zero-order valence-corrected chi connectivity index (χ0v) is 11.7. The number of rotatable bonds is 3. The average molecular weight is 273 g/mol. The van der Waals surface area contributed by atoms with Crippen molar-refractivity contribution in [1.29, 1.82) is 0 Å². The number of hydrogen-bond acceptors (Lipinski definition) is 3. The van der Waals surface area contributed by atoms with E-state index in [0.717, 1.165) is 16.7 Å². The number of oxime groups is 1. The van der Waals surface area contributed by atoms with Gasteiger partial charge in [0.1, 0.15) is 12.3 Å². The minimum absolute atomic E-state index is 0.168. The van der Waals surface area contributed by atoms with Crippen molar-refractivity contribution >= 4 is 12.0 Å². The first-order valence-corrected chi connectivity index (χ1v) is 6.33. The number of allylic oxidation sites excluding steroid dienone is 2. The average Bonchev–Trinajstić information content (AvgIpc) is 2.46. The fourth-order valence-corrected chi connectivity index (χ4v) is 2.20. The summed E-state index contributed by atoms with van der Waals surface area (Å²) in [6.45, 7) is 5.71. The van der Waals surface area contributed by atoms with Crippen LogP contribution in [0.1, 0.15) is 23.6 Å². The maximum Gasteiger partial charge on any atom is 0.178 e. The van der Waals surface area contributed by atoms with Crippen LogP contribution in [0.2, 0.25) is 0 Å². The van der Waals surface area contributed by atoms with E-state index < -0.39 is 5.83 Å². The van der Waals surface area contributed by atoms with Gasteiger partial charge in [0.05, 0.1) is 0 Å². The van der Waals surface area contributed by atoms with Gasteiger partial charge in [-0.25, -0.2) is 4.39 Å². The van der Waals surface area contributed by atoms with Gasteiger partial charge in [0.25, 0.3) is 0 Å². The summed E-state index contributed by atoms with van der Waals surface area (Å²) >= 11 is 0. The van der Waals surface area contributed by atoms with E-state index in [1.807, 2.05) is 32.0 Å². The normalized spacial score (nSPS) is 15.8. The predicted molar refractivity (Wildman–Crippen MR) is 76.4 cm³/mol. The Bertz CT molecular complexity index is 622. The molecule has 0 spiro atoms.